The van der Waals surface area contributed by atoms with Gasteiger partial charge in [-0.25, -0.2) is 18.4 Å². The van der Waals surface area contributed by atoms with Gasteiger partial charge in [0, 0.05) is 62.3 Å². The second-order valence-corrected chi connectivity index (χ2v) is 13.2. The third-order valence-electron chi connectivity index (χ3n) is 7.31. The number of sulfone groups is 1. The van der Waals surface area contributed by atoms with Crippen LogP contribution in [0.3, 0.4) is 0 Å². The number of carbonyl (C=O) groups is 1. The van der Waals surface area contributed by atoms with E-state index in [1.165, 1.54) is 17.9 Å². The SMILES string of the molecule is CC(C)c1ccc(N2CC(CS(C)(=O)=O)C2)c2cnc(Nc3ccnc(N(C)Cc4cccc(O)c4C=O)n3)cc12. The lowest BCUT2D eigenvalue weighted by atomic mass is 9.93. The monoisotopic (exact) mass is 574 g/mol. The average molecular weight is 575 g/mol. The number of fused-ring (bicyclic) bond motifs is 1. The van der Waals surface area contributed by atoms with Crippen molar-refractivity contribution in [1.29, 1.82) is 0 Å². The summed E-state index contributed by atoms with van der Waals surface area (Å²) >= 11 is 0. The largest absolute Gasteiger partial charge is 0.507 e. The number of carbonyl (C=O) groups excluding carboxylic acids is 1. The molecule has 0 radical (unpaired) electrons. The minimum Gasteiger partial charge on any atom is -0.507 e. The molecule has 214 valence electrons. The Bertz CT molecular complexity index is 1700. The van der Waals surface area contributed by atoms with Gasteiger partial charge < -0.3 is 20.2 Å². The molecule has 2 aromatic heterocycles. The normalized spacial score (nSPS) is 13.8. The van der Waals surface area contributed by atoms with Crippen LogP contribution in [-0.4, -0.2) is 66.9 Å². The highest BCUT2D eigenvalue weighted by Gasteiger charge is 2.31. The summed E-state index contributed by atoms with van der Waals surface area (Å²) in [5.41, 5.74) is 3.17. The quantitative estimate of drug-likeness (QED) is 0.261. The number of rotatable bonds is 10. The van der Waals surface area contributed by atoms with Crippen LogP contribution in [0.2, 0.25) is 0 Å². The molecule has 10 nitrogen and oxygen atoms in total. The van der Waals surface area contributed by atoms with E-state index in [4.69, 9.17) is 0 Å². The van der Waals surface area contributed by atoms with Gasteiger partial charge in [0.25, 0.3) is 0 Å². The van der Waals surface area contributed by atoms with Crippen molar-refractivity contribution in [2.24, 2.45) is 5.92 Å². The lowest BCUT2D eigenvalue weighted by molar-refractivity contribution is 0.112. The topological polar surface area (TPSA) is 129 Å². The van der Waals surface area contributed by atoms with E-state index in [0.717, 1.165) is 16.5 Å². The van der Waals surface area contributed by atoms with E-state index in [1.807, 2.05) is 19.3 Å². The van der Waals surface area contributed by atoms with Crippen LogP contribution in [0, 0.1) is 5.92 Å². The van der Waals surface area contributed by atoms with Gasteiger partial charge in [0.1, 0.15) is 27.2 Å². The van der Waals surface area contributed by atoms with Crippen LogP contribution in [0.25, 0.3) is 10.8 Å². The lowest BCUT2D eigenvalue weighted by Crippen LogP contribution is -2.49. The standard InChI is InChI=1S/C30H34N6O4S/c1-19(2)22-8-9-26(36-14-20(15-36)18-41(4,39)40)24-13-32-29(12-23(22)24)33-28-10-11-31-30(34-28)35(3)16-21-6-5-7-27(38)25(21)17-37/h5-13,17,19-20,38H,14-16,18H2,1-4H3,(H,31,32,33,34). The summed E-state index contributed by atoms with van der Waals surface area (Å²) in [7, 11) is -1.18. The molecule has 2 N–H and O–H groups in total. The number of benzene rings is 2. The summed E-state index contributed by atoms with van der Waals surface area (Å²) in [6.07, 6.45) is 5.45. The van der Waals surface area contributed by atoms with Crippen molar-refractivity contribution in [2.75, 3.05) is 47.3 Å². The zero-order valence-corrected chi connectivity index (χ0v) is 24.4. The summed E-state index contributed by atoms with van der Waals surface area (Å²) in [5, 5.41) is 15.4. The zero-order chi connectivity index (χ0) is 29.3. The molecule has 0 bridgehead atoms. The second kappa shape index (κ2) is 11.3. The van der Waals surface area contributed by atoms with Crippen molar-refractivity contribution in [1.82, 2.24) is 15.0 Å². The van der Waals surface area contributed by atoms with Crippen molar-refractivity contribution in [2.45, 2.75) is 26.3 Å². The minimum atomic E-state index is -3.00. The van der Waals surface area contributed by atoms with Crippen LogP contribution >= 0.6 is 0 Å². The summed E-state index contributed by atoms with van der Waals surface area (Å²) in [6.45, 7) is 6.06. The van der Waals surface area contributed by atoms with E-state index in [-0.39, 0.29) is 23.0 Å². The molecular weight excluding hydrogens is 540 g/mol. The van der Waals surface area contributed by atoms with Gasteiger partial charge in [0.15, 0.2) is 6.29 Å². The molecule has 1 fully saturated rings. The Balaban J connectivity index is 1.38. The summed E-state index contributed by atoms with van der Waals surface area (Å²) in [5.74, 6) is 2.23. The molecule has 4 aromatic rings. The number of anilines is 4. The van der Waals surface area contributed by atoms with Crippen LogP contribution in [0.1, 0.15) is 41.3 Å². The molecule has 2 aromatic carbocycles. The molecule has 0 spiro atoms. The summed E-state index contributed by atoms with van der Waals surface area (Å²) in [6, 6.07) is 13.0. The van der Waals surface area contributed by atoms with Crippen molar-refractivity contribution < 1.29 is 18.3 Å². The number of hydrogen-bond acceptors (Lipinski definition) is 10. The first-order chi connectivity index (χ1) is 19.5. The number of nitrogens with zero attached hydrogens (tertiary/aromatic N) is 5. The van der Waals surface area contributed by atoms with Crippen molar-refractivity contribution in [3.8, 4) is 5.75 Å². The first kappa shape index (κ1) is 28.3. The first-order valence-corrected chi connectivity index (χ1v) is 15.5. The molecule has 1 aliphatic rings. The maximum atomic E-state index is 11.7. The van der Waals surface area contributed by atoms with E-state index < -0.39 is 9.84 Å². The molecule has 0 amide bonds. The maximum Gasteiger partial charge on any atom is 0.227 e. The molecular formula is C30H34N6O4S. The fourth-order valence-corrected chi connectivity index (χ4v) is 6.39. The number of phenols is 1. The third-order valence-corrected chi connectivity index (χ3v) is 8.39. The number of pyridine rings is 1. The number of phenolic OH excluding ortho intramolecular Hbond substituents is 1. The molecule has 0 unspecified atom stereocenters. The first-order valence-electron chi connectivity index (χ1n) is 13.4. The van der Waals surface area contributed by atoms with E-state index in [2.05, 4.69) is 51.1 Å². The number of aromatic nitrogens is 3. The number of hydrogen-bond donors (Lipinski definition) is 2. The molecule has 0 aliphatic carbocycles. The van der Waals surface area contributed by atoms with Gasteiger partial charge in [0.2, 0.25) is 5.95 Å². The summed E-state index contributed by atoms with van der Waals surface area (Å²) < 4.78 is 23.4. The number of nitrogens with one attached hydrogen (secondary N) is 1. The molecule has 11 heteroatoms. The fourth-order valence-electron chi connectivity index (χ4n) is 5.33. The van der Waals surface area contributed by atoms with E-state index >= 15 is 0 Å². The van der Waals surface area contributed by atoms with Crippen LogP contribution < -0.4 is 15.1 Å². The molecule has 41 heavy (non-hydrogen) atoms. The minimum absolute atomic E-state index is 0.0589. The highest BCUT2D eigenvalue weighted by molar-refractivity contribution is 7.90. The van der Waals surface area contributed by atoms with Gasteiger partial charge in [0.05, 0.1) is 11.3 Å². The Hall–Kier alpha value is -4.25. The van der Waals surface area contributed by atoms with E-state index in [1.54, 1.807) is 29.3 Å². The zero-order valence-electron chi connectivity index (χ0n) is 23.6. The van der Waals surface area contributed by atoms with Crippen molar-refractivity contribution in [3.63, 3.8) is 0 Å². The highest BCUT2D eigenvalue weighted by atomic mass is 32.2. The van der Waals surface area contributed by atoms with Crippen molar-refractivity contribution >= 4 is 50.2 Å². The predicted octanol–water partition coefficient (Wildman–Crippen LogP) is 4.53. The van der Waals surface area contributed by atoms with E-state index in [9.17, 15) is 18.3 Å². The molecule has 1 saturated heterocycles. The van der Waals surface area contributed by atoms with Gasteiger partial charge in [-0.3, -0.25) is 4.79 Å². The van der Waals surface area contributed by atoms with Crippen LogP contribution in [-0.2, 0) is 16.4 Å². The Kier molecular flexibility index (Phi) is 7.81. The molecule has 5 rings (SSSR count). The molecule has 3 heterocycles. The van der Waals surface area contributed by atoms with Crippen molar-refractivity contribution in [3.05, 3.63) is 71.5 Å². The average Bonchev–Trinajstić information content (AvgIpc) is 2.89. The Morgan fingerprint density at radius 3 is 2.61 bits per heavy atom. The summed E-state index contributed by atoms with van der Waals surface area (Å²) in [4.78, 5) is 29.2. The van der Waals surface area contributed by atoms with Crippen LogP contribution in [0.4, 0.5) is 23.3 Å². The predicted molar refractivity (Wildman–Crippen MR) is 162 cm³/mol. The van der Waals surface area contributed by atoms with Gasteiger partial charge in [-0.05, 0) is 46.7 Å². The van der Waals surface area contributed by atoms with Crippen LogP contribution in [0.5, 0.6) is 5.75 Å². The Morgan fingerprint density at radius 2 is 1.90 bits per heavy atom. The fraction of sp³-hybridized carbons (Fsp3) is 0.333. The van der Waals surface area contributed by atoms with Gasteiger partial charge in [-0.1, -0.05) is 32.0 Å². The maximum absolute atomic E-state index is 11.7. The van der Waals surface area contributed by atoms with Gasteiger partial charge in [-0.2, -0.15) is 4.98 Å². The smallest absolute Gasteiger partial charge is 0.227 e. The van der Waals surface area contributed by atoms with Gasteiger partial charge >= 0.3 is 0 Å². The lowest BCUT2D eigenvalue weighted by Gasteiger charge is -2.41. The molecule has 0 atom stereocenters. The van der Waals surface area contributed by atoms with Crippen LogP contribution in [0.15, 0.2) is 54.9 Å². The molecule has 1 aliphatic heterocycles. The Morgan fingerprint density at radius 1 is 1.12 bits per heavy atom. The second-order valence-electron chi connectivity index (χ2n) is 11.0. The van der Waals surface area contributed by atoms with E-state index in [0.29, 0.717) is 55.0 Å². The number of aldehydes is 1. The number of aromatic hydroxyl groups is 1. The third kappa shape index (κ3) is 6.25. The Labute approximate surface area is 240 Å². The molecule has 0 saturated carbocycles. The highest BCUT2D eigenvalue weighted by Crippen LogP contribution is 2.37. The van der Waals surface area contributed by atoms with Gasteiger partial charge in [-0.15, -0.1) is 0 Å².